The Balaban J connectivity index is 2.13. The smallest absolute Gasteiger partial charge is 0.321 e. The maximum atomic E-state index is 5.69. The molecule has 106 valence electrons. The average Bonchev–Trinajstić information content (AvgIpc) is 2.41. The third kappa shape index (κ3) is 3.78. The minimum atomic E-state index is 0.0885. The fourth-order valence-electron chi connectivity index (χ4n) is 1.82. The Labute approximate surface area is 120 Å². The summed E-state index contributed by atoms with van der Waals surface area (Å²) in [5.74, 6) is 0.754. The summed E-state index contributed by atoms with van der Waals surface area (Å²) in [5.41, 5.74) is 7.82. The molecule has 0 saturated heterocycles. The Morgan fingerprint density at radius 1 is 1.15 bits per heavy atom. The predicted octanol–water partition coefficient (Wildman–Crippen LogP) is 3.07. The number of hydrogen-bond donors (Lipinski definition) is 1. The summed E-state index contributed by atoms with van der Waals surface area (Å²) in [7, 11) is 0. The summed E-state index contributed by atoms with van der Waals surface area (Å²) in [6.07, 6.45) is 4.28. The third-order valence-electron chi connectivity index (χ3n) is 3.02. The van der Waals surface area contributed by atoms with Gasteiger partial charge in [-0.15, -0.1) is 0 Å². The first kappa shape index (κ1) is 14.5. The van der Waals surface area contributed by atoms with E-state index in [1.807, 2.05) is 18.2 Å². The molecule has 1 aromatic heterocycles. The first-order valence-electron chi connectivity index (χ1n) is 6.78. The highest BCUT2D eigenvalue weighted by Gasteiger charge is 2.14. The second kappa shape index (κ2) is 6.01. The first-order chi connectivity index (χ1) is 9.49. The molecule has 0 radical (unpaired) electrons. The number of aromatic nitrogens is 2. The van der Waals surface area contributed by atoms with Crippen molar-refractivity contribution < 1.29 is 4.74 Å². The van der Waals surface area contributed by atoms with Crippen LogP contribution >= 0.6 is 0 Å². The van der Waals surface area contributed by atoms with Crippen LogP contribution in [0.3, 0.4) is 0 Å². The SMILES string of the molecule is CC(C)(C)c1cccc(Oc2ncc(CCN)cn2)c1. The molecule has 0 aliphatic rings. The summed E-state index contributed by atoms with van der Waals surface area (Å²) in [6, 6.07) is 8.37. The molecule has 0 fully saturated rings. The molecule has 4 nitrogen and oxygen atoms in total. The number of nitrogens with two attached hydrogens (primary N) is 1. The number of nitrogens with zero attached hydrogens (tertiary/aromatic N) is 2. The van der Waals surface area contributed by atoms with Crippen molar-refractivity contribution in [2.45, 2.75) is 32.6 Å². The van der Waals surface area contributed by atoms with Crippen molar-refractivity contribution in [3.8, 4) is 11.8 Å². The molecular weight excluding hydrogens is 250 g/mol. The second-order valence-electron chi connectivity index (χ2n) is 5.79. The van der Waals surface area contributed by atoms with Gasteiger partial charge >= 0.3 is 6.01 Å². The van der Waals surface area contributed by atoms with Gasteiger partial charge in [0.2, 0.25) is 0 Å². The summed E-state index contributed by atoms with van der Waals surface area (Å²) in [4.78, 5) is 8.39. The molecule has 1 aromatic carbocycles. The zero-order valence-corrected chi connectivity index (χ0v) is 12.3. The van der Waals surface area contributed by atoms with Crippen LogP contribution < -0.4 is 10.5 Å². The monoisotopic (exact) mass is 271 g/mol. The number of ether oxygens (including phenoxy) is 1. The van der Waals surface area contributed by atoms with Gasteiger partial charge in [0, 0.05) is 12.4 Å². The summed E-state index contributed by atoms with van der Waals surface area (Å²) in [5, 5.41) is 0. The van der Waals surface area contributed by atoms with Gasteiger partial charge in [-0.2, -0.15) is 0 Å². The van der Waals surface area contributed by atoms with Gasteiger partial charge in [-0.05, 0) is 41.6 Å². The van der Waals surface area contributed by atoms with Gasteiger partial charge in [0.1, 0.15) is 5.75 Å². The summed E-state index contributed by atoms with van der Waals surface area (Å²) < 4.78 is 5.69. The highest BCUT2D eigenvalue weighted by molar-refractivity contribution is 5.34. The van der Waals surface area contributed by atoms with Gasteiger partial charge in [-0.3, -0.25) is 0 Å². The highest BCUT2D eigenvalue weighted by atomic mass is 16.5. The Morgan fingerprint density at radius 3 is 2.45 bits per heavy atom. The number of hydrogen-bond acceptors (Lipinski definition) is 4. The molecule has 2 rings (SSSR count). The standard InChI is InChI=1S/C16H21N3O/c1-16(2,3)13-5-4-6-14(9-13)20-15-18-10-12(7-8-17)11-19-15/h4-6,9-11H,7-8,17H2,1-3H3. The van der Waals surface area contributed by atoms with Crippen LogP contribution in [-0.2, 0) is 11.8 Å². The lowest BCUT2D eigenvalue weighted by Gasteiger charge is -2.19. The lowest BCUT2D eigenvalue weighted by Crippen LogP contribution is -2.10. The molecule has 2 aromatic rings. The number of rotatable bonds is 4. The maximum absolute atomic E-state index is 5.69. The maximum Gasteiger partial charge on any atom is 0.321 e. The van der Waals surface area contributed by atoms with Crippen molar-refractivity contribution in [1.29, 1.82) is 0 Å². The van der Waals surface area contributed by atoms with Crippen LogP contribution in [0.25, 0.3) is 0 Å². The molecule has 20 heavy (non-hydrogen) atoms. The van der Waals surface area contributed by atoms with Crippen molar-refractivity contribution in [3.63, 3.8) is 0 Å². The van der Waals surface area contributed by atoms with E-state index < -0.39 is 0 Å². The molecule has 4 heteroatoms. The molecular formula is C16H21N3O. The van der Waals surface area contributed by atoms with Crippen LogP contribution in [0.15, 0.2) is 36.7 Å². The molecule has 0 bridgehead atoms. The molecule has 0 aliphatic carbocycles. The first-order valence-corrected chi connectivity index (χ1v) is 6.78. The van der Waals surface area contributed by atoms with Crippen LogP contribution in [0, 0.1) is 0 Å². The van der Waals surface area contributed by atoms with Crippen molar-refractivity contribution in [3.05, 3.63) is 47.8 Å². The third-order valence-corrected chi connectivity index (χ3v) is 3.02. The van der Waals surface area contributed by atoms with Crippen LogP contribution in [-0.4, -0.2) is 16.5 Å². The second-order valence-corrected chi connectivity index (χ2v) is 5.79. The highest BCUT2D eigenvalue weighted by Crippen LogP contribution is 2.27. The van der Waals surface area contributed by atoms with Crippen molar-refractivity contribution >= 4 is 0 Å². The van der Waals surface area contributed by atoms with E-state index in [4.69, 9.17) is 10.5 Å². The van der Waals surface area contributed by atoms with Gasteiger partial charge in [0.25, 0.3) is 0 Å². The van der Waals surface area contributed by atoms with E-state index in [2.05, 4.69) is 36.8 Å². The van der Waals surface area contributed by atoms with Gasteiger partial charge in [-0.25, -0.2) is 9.97 Å². The molecule has 0 unspecified atom stereocenters. The Hall–Kier alpha value is -1.94. The fraction of sp³-hybridized carbons (Fsp3) is 0.375. The normalized spacial score (nSPS) is 11.4. The minimum absolute atomic E-state index is 0.0885. The van der Waals surface area contributed by atoms with E-state index in [9.17, 15) is 0 Å². The van der Waals surface area contributed by atoms with Gasteiger partial charge < -0.3 is 10.5 Å². The zero-order chi connectivity index (χ0) is 14.6. The van der Waals surface area contributed by atoms with E-state index >= 15 is 0 Å². The van der Waals surface area contributed by atoms with E-state index in [1.54, 1.807) is 12.4 Å². The van der Waals surface area contributed by atoms with E-state index in [-0.39, 0.29) is 5.41 Å². The van der Waals surface area contributed by atoms with Crippen LogP contribution in [0.5, 0.6) is 11.8 Å². The van der Waals surface area contributed by atoms with Gasteiger partial charge in [0.15, 0.2) is 0 Å². The topological polar surface area (TPSA) is 61.0 Å². The lowest BCUT2D eigenvalue weighted by molar-refractivity contribution is 0.438. The summed E-state index contributed by atoms with van der Waals surface area (Å²) >= 11 is 0. The average molecular weight is 271 g/mol. The predicted molar refractivity (Wildman–Crippen MR) is 80.0 cm³/mol. The lowest BCUT2D eigenvalue weighted by atomic mass is 9.87. The molecule has 0 saturated carbocycles. The minimum Gasteiger partial charge on any atom is -0.424 e. The molecule has 2 N–H and O–H groups in total. The Morgan fingerprint density at radius 2 is 1.85 bits per heavy atom. The van der Waals surface area contributed by atoms with Crippen LogP contribution in [0.4, 0.5) is 0 Å². The summed E-state index contributed by atoms with van der Waals surface area (Å²) in [6.45, 7) is 7.11. The Bertz CT molecular complexity index is 559. The van der Waals surface area contributed by atoms with Crippen LogP contribution in [0.1, 0.15) is 31.9 Å². The van der Waals surface area contributed by atoms with E-state index in [0.717, 1.165) is 17.7 Å². The van der Waals surface area contributed by atoms with Gasteiger partial charge in [0.05, 0.1) is 0 Å². The van der Waals surface area contributed by atoms with Crippen molar-refractivity contribution in [2.24, 2.45) is 5.73 Å². The molecule has 0 amide bonds. The largest absolute Gasteiger partial charge is 0.424 e. The molecule has 0 atom stereocenters. The van der Waals surface area contributed by atoms with Crippen molar-refractivity contribution in [2.75, 3.05) is 6.54 Å². The number of benzene rings is 1. The Kier molecular flexibility index (Phi) is 4.35. The fourth-order valence-corrected chi connectivity index (χ4v) is 1.82. The zero-order valence-electron chi connectivity index (χ0n) is 12.3. The van der Waals surface area contributed by atoms with Gasteiger partial charge in [-0.1, -0.05) is 32.9 Å². The van der Waals surface area contributed by atoms with E-state index in [1.165, 1.54) is 5.56 Å². The van der Waals surface area contributed by atoms with E-state index in [0.29, 0.717) is 12.6 Å². The molecule has 0 aliphatic heterocycles. The molecule has 0 spiro atoms. The molecule has 1 heterocycles. The quantitative estimate of drug-likeness (QED) is 0.928. The van der Waals surface area contributed by atoms with Crippen molar-refractivity contribution in [1.82, 2.24) is 9.97 Å². The van der Waals surface area contributed by atoms with Crippen LogP contribution in [0.2, 0.25) is 0 Å².